The molecule has 0 radical (unpaired) electrons. The molecular formula is C19H19ClFNO2. The van der Waals surface area contributed by atoms with Crippen molar-refractivity contribution < 1.29 is 14.3 Å². The molecule has 1 aliphatic rings. The van der Waals surface area contributed by atoms with Crippen LogP contribution in [-0.2, 0) is 4.79 Å². The Morgan fingerprint density at radius 1 is 1.21 bits per heavy atom. The van der Waals surface area contributed by atoms with E-state index >= 15 is 0 Å². The van der Waals surface area contributed by atoms with Crippen molar-refractivity contribution in [1.82, 2.24) is 4.90 Å². The second-order valence-corrected chi connectivity index (χ2v) is 6.56. The third kappa shape index (κ3) is 3.60. The highest BCUT2D eigenvalue weighted by molar-refractivity contribution is 6.31. The van der Waals surface area contributed by atoms with Crippen LogP contribution in [0.4, 0.5) is 4.39 Å². The topological polar surface area (TPSA) is 40.5 Å². The number of halogens is 2. The van der Waals surface area contributed by atoms with Crippen LogP contribution in [0.5, 0.6) is 0 Å². The van der Waals surface area contributed by atoms with Gasteiger partial charge in [-0.25, -0.2) is 4.39 Å². The minimum absolute atomic E-state index is 0.179. The Morgan fingerprint density at radius 3 is 2.58 bits per heavy atom. The molecular weight excluding hydrogens is 329 g/mol. The molecule has 2 aromatic carbocycles. The Labute approximate surface area is 145 Å². The average Bonchev–Trinajstić information content (AvgIpc) is 2.59. The van der Waals surface area contributed by atoms with Gasteiger partial charge in [0.25, 0.3) is 0 Å². The molecule has 1 N–H and O–H groups in total. The van der Waals surface area contributed by atoms with Gasteiger partial charge in [-0.15, -0.1) is 0 Å². The summed E-state index contributed by atoms with van der Waals surface area (Å²) in [5, 5.41) is 10.00. The summed E-state index contributed by atoms with van der Waals surface area (Å²) in [5.74, 6) is -1.44. The molecule has 1 fully saturated rings. The SMILES string of the molecule is O=C(O)C1CCCN(C(c2ccc(F)cc2)c2ccccc2Cl)C1. The van der Waals surface area contributed by atoms with Crippen LogP contribution in [-0.4, -0.2) is 29.1 Å². The molecule has 2 atom stereocenters. The van der Waals surface area contributed by atoms with Crippen molar-refractivity contribution in [2.24, 2.45) is 5.92 Å². The van der Waals surface area contributed by atoms with Gasteiger partial charge in [-0.2, -0.15) is 0 Å². The predicted octanol–water partition coefficient (Wildman–Crippen LogP) is 4.37. The van der Waals surface area contributed by atoms with Crippen LogP contribution in [0.3, 0.4) is 0 Å². The molecule has 2 aromatic rings. The van der Waals surface area contributed by atoms with Crippen molar-refractivity contribution in [1.29, 1.82) is 0 Å². The van der Waals surface area contributed by atoms with Gasteiger partial charge in [0.2, 0.25) is 0 Å². The lowest BCUT2D eigenvalue weighted by molar-refractivity contribution is -0.143. The molecule has 0 aromatic heterocycles. The highest BCUT2D eigenvalue weighted by Gasteiger charge is 2.32. The maximum atomic E-state index is 13.3. The first-order chi connectivity index (χ1) is 11.6. The van der Waals surface area contributed by atoms with Gasteiger partial charge in [0, 0.05) is 11.6 Å². The van der Waals surface area contributed by atoms with Gasteiger partial charge in [0.1, 0.15) is 5.82 Å². The molecule has 3 nitrogen and oxygen atoms in total. The van der Waals surface area contributed by atoms with Crippen LogP contribution in [0, 0.1) is 11.7 Å². The first-order valence-corrected chi connectivity index (χ1v) is 8.41. The van der Waals surface area contributed by atoms with Crippen LogP contribution >= 0.6 is 11.6 Å². The van der Waals surface area contributed by atoms with Crippen LogP contribution in [0.1, 0.15) is 30.0 Å². The van der Waals surface area contributed by atoms with E-state index < -0.39 is 5.97 Å². The smallest absolute Gasteiger partial charge is 0.307 e. The molecule has 0 aliphatic carbocycles. The highest BCUT2D eigenvalue weighted by atomic mass is 35.5. The molecule has 5 heteroatoms. The molecule has 1 heterocycles. The molecule has 1 aliphatic heterocycles. The third-order valence-electron chi connectivity index (χ3n) is 4.55. The Kier molecular flexibility index (Phi) is 5.17. The third-order valence-corrected chi connectivity index (χ3v) is 4.90. The second-order valence-electron chi connectivity index (χ2n) is 6.15. The number of carboxylic acid groups (broad SMARTS) is 1. The van der Waals surface area contributed by atoms with E-state index in [1.165, 1.54) is 12.1 Å². The maximum Gasteiger partial charge on any atom is 0.307 e. The summed E-state index contributed by atoms with van der Waals surface area (Å²) in [6.07, 6.45) is 1.50. The normalized spacial score (nSPS) is 19.8. The fraction of sp³-hybridized carbons (Fsp3) is 0.316. The van der Waals surface area contributed by atoms with Gasteiger partial charge in [0.15, 0.2) is 0 Å². The number of carbonyl (C=O) groups is 1. The van der Waals surface area contributed by atoms with Gasteiger partial charge >= 0.3 is 5.97 Å². The quantitative estimate of drug-likeness (QED) is 0.893. The van der Waals surface area contributed by atoms with Gasteiger partial charge in [0.05, 0.1) is 12.0 Å². The summed E-state index contributed by atoms with van der Waals surface area (Å²) in [4.78, 5) is 13.5. The minimum atomic E-state index is -0.767. The molecule has 3 rings (SSSR count). The molecule has 0 amide bonds. The summed E-state index contributed by atoms with van der Waals surface area (Å²) < 4.78 is 13.3. The summed E-state index contributed by atoms with van der Waals surface area (Å²) >= 11 is 6.40. The maximum absolute atomic E-state index is 13.3. The van der Waals surface area contributed by atoms with E-state index in [0.717, 1.165) is 24.1 Å². The Balaban J connectivity index is 2.00. The number of benzene rings is 2. The first-order valence-electron chi connectivity index (χ1n) is 8.03. The number of aliphatic carboxylic acids is 1. The second kappa shape index (κ2) is 7.32. The molecule has 0 spiro atoms. The summed E-state index contributed by atoms with van der Waals surface area (Å²) in [5.41, 5.74) is 1.83. The molecule has 0 saturated carbocycles. The molecule has 126 valence electrons. The van der Waals surface area contributed by atoms with Crippen LogP contribution in [0.2, 0.25) is 5.02 Å². The van der Waals surface area contributed by atoms with Crippen molar-refractivity contribution in [3.05, 3.63) is 70.5 Å². The van der Waals surface area contributed by atoms with Crippen LogP contribution in [0.25, 0.3) is 0 Å². The van der Waals surface area contributed by atoms with E-state index in [1.807, 2.05) is 24.3 Å². The van der Waals surface area contributed by atoms with Crippen LogP contribution in [0.15, 0.2) is 48.5 Å². The highest BCUT2D eigenvalue weighted by Crippen LogP contribution is 2.36. The molecule has 1 saturated heterocycles. The number of nitrogens with zero attached hydrogens (tertiary/aromatic N) is 1. The lowest BCUT2D eigenvalue weighted by atomic mass is 9.91. The van der Waals surface area contributed by atoms with Crippen molar-refractivity contribution in [3.63, 3.8) is 0 Å². The lowest BCUT2D eigenvalue weighted by Gasteiger charge is -2.38. The van der Waals surface area contributed by atoms with Gasteiger partial charge < -0.3 is 5.11 Å². The zero-order valence-electron chi connectivity index (χ0n) is 13.2. The van der Waals surface area contributed by atoms with E-state index in [9.17, 15) is 14.3 Å². The number of likely N-dealkylation sites (tertiary alicyclic amines) is 1. The van der Waals surface area contributed by atoms with E-state index in [4.69, 9.17) is 11.6 Å². The number of rotatable bonds is 4. The first kappa shape index (κ1) is 16.9. The van der Waals surface area contributed by atoms with Gasteiger partial charge in [-0.1, -0.05) is 41.9 Å². The van der Waals surface area contributed by atoms with Gasteiger partial charge in [-0.3, -0.25) is 9.69 Å². The predicted molar refractivity (Wildman–Crippen MR) is 91.6 cm³/mol. The summed E-state index contributed by atoms with van der Waals surface area (Å²) in [7, 11) is 0. The Morgan fingerprint density at radius 2 is 1.92 bits per heavy atom. The monoisotopic (exact) mass is 347 g/mol. The van der Waals surface area contributed by atoms with E-state index in [1.54, 1.807) is 12.1 Å². The summed E-state index contributed by atoms with van der Waals surface area (Å²) in [6, 6.07) is 13.7. The Hall–Kier alpha value is -1.91. The minimum Gasteiger partial charge on any atom is -0.481 e. The number of hydrogen-bond donors (Lipinski definition) is 1. The average molecular weight is 348 g/mol. The van der Waals surface area contributed by atoms with Crippen molar-refractivity contribution in [2.45, 2.75) is 18.9 Å². The number of hydrogen-bond acceptors (Lipinski definition) is 2. The Bertz CT molecular complexity index is 720. The van der Waals surface area contributed by atoms with Gasteiger partial charge in [-0.05, 0) is 48.7 Å². The number of piperidine rings is 1. The van der Waals surface area contributed by atoms with Crippen molar-refractivity contribution >= 4 is 17.6 Å². The standard InChI is InChI=1S/C19H19ClFNO2/c20-17-6-2-1-5-16(17)18(13-7-9-15(21)10-8-13)22-11-3-4-14(12-22)19(23)24/h1-2,5-10,14,18H,3-4,11-12H2,(H,23,24). The fourth-order valence-electron chi connectivity index (χ4n) is 3.37. The number of carboxylic acids is 1. The van der Waals surface area contributed by atoms with Crippen molar-refractivity contribution in [2.75, 3.05) is 13.1 Å². The van der Waals surface area contributed by atoms with Crippen LogP contribution < -0.4 is 0 Å². The molecule has 2 unspecified atom stereocenters. The fourth-order valence-corrected chi connectivity index (χ4v) is 3.61. The lowest BCUT2D eigenvalue weighted by Crippen LogP contribution is -2.41. The molecule has 0 bridgehead atoms. The van der Waals surface area contributed by atoms with Crippen molar-refractivity contribution in [3.8, 4) is 0 Å². The molecule has 24 heavy (non-hydrogen) atoms. The summed E-state index contributed by atoms with van der Waals surface area (Å²) in [6.45, 7) is 1.25. The zero-order valence-corrected chi connectivity index (χ0v) is 13.9. The van der Waals surface area contributed by atoms with E-state index in [-0.39, 0.29) is 17.8 Å². The van der Waals surface area contributed by atoms with E-state index in [2.05, 4.69) is 4.90 Å². The zero-order chi connectivity index (χ0) is 17.1. The largest absolute Gasteiger partial charge is 0.481 e. The van der Waals surface area contributed by atoms with E-state index in [0.29, 0.717) is 18.0 Å².